The Bertz CT molecular complexity index is 412. The van der Waals surface area contributed by atoms with Crippen LogP contribution in [0.4, 0.5) is 0 Å². The van der Waals surface area contributed by atoms with Gasteiger partial charge >= 0.3 is 30.4 Å². The van der Waals surface area contributed by atoms with Crippen LogP contribution >= 0.6 is 30.4 Å². The predicted molar refractivity (Wildman–Crippen MR) is 58.9 cm³/mol. The fourth-order valence-corrected chi connectivity index (χ4v) is 5.89. The molecule has 9 N–H and O–H groups in total. The van der Waals surface area contributed by atoms with Crippen molar-refractivity contribution < 1.29 is 57.4 Å². The molecular weight excluding hydrogens is 354 g/mol. The molecule has 0 spiro atoms. The lowest BCUT2D eigenvalue weighted by molar-refractivity contribution is 0.311. The van der Waals surface area contributed by atoms with Crippen LogP contribution in [0.2, 0.25) is 0 Å². The van der Waals surface area contributed by atoms with Gasteiger partial charge in [-0.05, 0) is 0 Å². The van der Waals surface area contributed by atoms with Gasteiger partial charge in [-0.25, -0.2) is 0 Å². The number of hydrogen-bond donors (Lipinski definition) is 9. The van der Waals surface area contributed by atoms with Gasteiger partial charge in [0.1, 0.15) is 0 Å². The summed E-state index contributed by atoms with van der Waals surface area (Å²) >= 11 is 0. The van der Waals surface area contributed by atoms with E-state index >= 15 is 0 Å². The smallest absolute Gasteiger partial charge is 0.323 e. The van der Waals surface area contributed by atoms with Crippen LogP contribution in [0.25, 0.3) is 0 Å². The van der Waals surface area contributed by atoms with Crippen molar-refractivity contribution in [2.75, 3.05) is 0 Å². The van der Waals surface area contributed by atoms with Crippen molar-refractivity contribution in [2.45, 2.75) is 11.0 Å². The zero-order valence-electron chi connectivity index (χ0n) is 8.65. The Balaban J connectivity index is 5.69. The maximum absolute atomic E-state index is 10.8. The van der Waals surface area contributed by atoms with Gasteiger partial charge in [0.25, 0.3) is 0 Å². The van der Waals surface area contributed by atoms with E-state index in [1.54, 1.807) is 0 Å². The van der Waals surface area contributed by atoms with Crippen LogP contribution in [-0.4, -0.2) is 50.2 Å². The van der Waals surface area contributed by atoms with Crippen molar-refractivity contribution in [1.82, 2.24) is 5.32 Å². The van der Waals surface area contributed by atoms with Crippen LogP contribution < -0.4 is 5.32 Å². The number of rotatable bonds is 6. The van der Waals surface area contributed by atoms with Crippen LogP contribution in [-0.2, 0) is 18.3 Å². The molecule has 0 aliphatic heterocycles. The topological polar surface area (TPSA) is 242 Å². The number of nitrogens with one attached hydrogen (secondary N) is 1. The van der Waals surface area contributed by atoms with E-state index in [9.17, 15) is 18.3 Å². The normalized spacial score (nSPS) is 15.3. The highest BCUT2D eigenvalue weighted by atomic mass is 31.2. The van der Waals surface area contributed by atoms with Crippen molar-refractivity contribution in [1.29, 1.82) is 0 Å². The van der Waals surface area contributed by atoms with Gasteiger partial charge in [-0.15, -0.1) is 0 Å². The quantitative estimate of drug-likeness (QED) is 0.228. The standard InChI is InChI=1S/C2H11NO12P4/c4-16(5,6)1(17(7,8)9)3-2(18(10,11)12)19(13,14)15/h1-3H,(H2,4,5,6)(H2,7,8,9)(H2,10,11,12)(H2,13,14,15). The third-order valence-electron chi connectivity index (χ3n) is 1.57. The summed E-state index contributed by atoms with van der Waals surface area (Å²) in [4.78, 5) is 69.2. The van der Waals surface area contributed by atoms with Crippen LogP contribution in [0.1, 0.15) is 0 Å². The highest BCUT2D eigenvalue weighted by Crippen LogP contribution is 2.64. The molecule has 0 fully saturated rings. The van der Waals surface area contributed by atoms with E-state index in [2.05, 4.69) is 0 Å². The molecular formula is C2H11NO12P4. The van der Waals surface area contributed by atoms with Crippen molar-refractivity contribution in [3.63, 3.8) is 0 Å². The molecule has 0 bridgehead atoms. The molecule has 0 aromatic carbocycles. The Kier molecular flexibility index (Phi) is 5.92. The molecule has 0 aromatic rings. The molecule has 0 saturated heterocycles. The van der Waals surface area contributed by atoms with Crippen LogP contribution in [0.5, 0.6) is 0 Å². The molecule has 0 amide bonds. The van der Waals surface area contributed by atoms with Gasteiger partial charge in [-0.1, -0.05) is 0 Å². The molecule has 0 aliphatic carbocycles. The van der Waals surface area contributed by atoms with E-state index in [-0.39, 0.29) is 0 Å². The molecule has 19 heavy (non-hydrogen) atoms. The third-order valence-corrected chi connectivity index (χ3v) is 8.33. The number of hydrogen-bond acceptors (Lipinski definition) is 5. The van der Waals surface area contributed by atoms with E-state index in [0.717, 1.165) is 5.32 Å². The Labute approximate surface area is 105 Å². The summed E-state index contributed by atoms with van der Waals surface area (Å²) in [5, 5.41) is 0.961. The molecule has 0 aliphatic rings. The van der Waals surface area contributed by atoms with Gasteiger partial charge in [0.15, 0.2) is 0 Å². The lowest BCUT2D eigenvalue weighted by Crippen LogP contribution is -2.37. The molecule has 0 aromatic heterocycles. The first-order valence-corrected chi connectivity index (χ1v) is 10.7. The van der Waals surface area contributed by atoms with Crippen molar-refractivity contribution >= 4 is 30.4 Å². The van der Waals surface area contributed by atoms with E-state index in [0.29, 0.717) is 0 Å². The van der Waals surface area contributed by atoms with Crippen molar-refractivity contribution in [3.8, 4) is 0 Å². The maximum Gasteiger partial charge on any atom is 0.354 e. The molecule has 0 saturated carbocycles. The summed E-state index contributed by atoms with van der Waals surface area (Å²) < 4.78 is 43.2. The highest BCUT2D eigenvalue weighted by molar-refractivity contribution is 7.72. The second-order valence-electron chi connectivity index (χ2n) is 3.27. The molecule has 17 heteroatoms. The molecule has 0 unspecified atom stereocenters. The fraction of sp³-hybridized carbons (Fsp3) is 1.00. The summed E-state index contributed by atoms with van der Waals surface area (Å²) in [6.45, 7) is 0. The minimum Gasteiger partial charge on any atom is -0.323 e. The van der Waals surface area contributed by atoms with Gasteiger partial charge in [-0.2, -0.15) is 0 Å². The van der Waals surface area contributed by atoms with Gasteiger partial charge in [0, 0.05) is 0 Å². The lowest BCUT2D eigenvalue weighted by atomic mass is 11.2. The molecule has 0 atom stereocenters. The minimum absolute atomic E-state index is 0.961. The molecule has 0 radical (unpaired) electrons. The third kappa shape index (κ3) is 6.24. The predicted octanol–water partition coefficient (Wildman–Crippen LogP) is -2.15. The lowest BCUT2D eigenvalue weighted by Gasteiger charge is -2.27. The first kappa shape index (κ1) is 19.6. The average molecular weight is 365 g/mol. The monoisotopic (exact) mass is 365 g/mol. The van der Waals surface area contributed by atoms with Crippen molar-refractivity contribution in [3.05, 3.63) is 0 Å². The summed E-state index contributed by atoms with van der Waals surface area (Å²) in [6.07, 6.45) is 0. The van der Waals surface area contributed by atoms with Gasteiger partial charge in [0.2, 0.25) is 11.0 Å². The molecule has 0 heterocycles. The second-order valence-corrected chi connectivity index (χ2v) is 10.9. The fourth-order valence-electron chi connectivity index (χ4n) is 0.914. The maximum atomic E-state index is 10.8. The van der Waals surface area contributed by atoms with Crippen LogP contribution in [0.15, 0.2) is 0 Å². The van der Waals surface area contributed by atoms with Gasteiger partial charge in [-0.3, -0.25) is 23.6 Å². The summed E-state index contributed by atoms with van der Waals surface area (Å²) in [6, 6.07) is 0. The molecule has 0 rings (SSSR count). The zero-order valence-corrected chi connectivity index (χ0v) is 12.2. The zero-order chi connectivity index (χ0) is 15.9. The van der Waals surface area contributed by atoms with E-state index < -0.39 is 41.4 Å². The summed E-state index contributed by atoms with van der Waals surface area (Å²) in [7, 11) is -22.6. The van der Waals surface area contributed by atoms with E-state index in [4.69, 9.17) is 39.1 Å². The Morgan fingerprint density at radius 2 is 0.684 bits per heavy atom. The van der Waals surface area contributed by atoms with Crippen molar-refractivity contribution in [2.24, 2.45) is 0 Å². The van der Waals surface area contributed by atoms with Gasteiger partial charge in [0.05, 0.1) is 0 Å². The van der Waals surface area contributed by atoms with Crippen LogP contribution in [0.3, 0.4) is 0 Å². The summed E-state index contributed by atoms with van der Waals surface area (Å²) in [5.41, 5.74) is -6.32. The SMILES string of the molecule is O=P(O)(O)C(NC(P(=O)(O)O)P(=O)(O)O)P(=O)(O)O. The first-order valence-electron chi connectivity index (χ1n) is 3.94. The Hall–Kier alpha value is 0.560. The molecule has 13 nitrogen and oxygen atoms in total. The molecule has 116 valence electrons. The van der Waals surface area contributed by atoms with Crippen LogP contribution in [0, 0.1) is 0 Å². The van der Waals surface area contributed by atoms with E-state index in [1.165, 1.54) is 0 Å². The second kappa shape index (κ2) is 5.75. The van der Waals surface area contributed by atoms with E-state index in [1.807, 2.05) is 0 Å². The average Bonchev–Trinajstić information content (AvgIpc) is 1.91. The van der Waals surface area contributed by atoms with Gasteiger partial charge < -0.3 is 39.1 Å². The summed E-state index contributed by atoms with van der Waals surface area (Å²) in [5.74, 6) is 0. The Morgan fingerprint density at radius 3 is 0.789 bits per heavy atom. The highest BCUT2D eigenvalue weighted by Gasteiger charge is 2.52. The largest absolute Gasteiger partial charge is 0.354 e. The minimum atomic E-state index is -5.65. The first-order chi connectivity index (χ1) is 7.97. The Morgan fingerprint density at radius 1 is 0.526 bits per heavy atom.